The Morgan fingerprint density at radius 1 is 1.56 bits per heavy atom. The molecular formula is C11H11ClN4OS. The molecule has 0 bridgehead atoms. The van der Waals surface area contributed by atoms with Gasteiger partial charge in [-0.25, -0.2) is 4.98 Å². The van der Waals surface area contributed by atoms with E-state index in [1.807, 2.05) is 0 Å². The summed E-state index contributed by atoms with van der Waals surface area (Å²) in [6, 6.07) is 7.02. The third-order valence-corrected chi connectivity index (χ3v) is 3.37. The van der Waals surface area contributed by atoms with Crippen molar-refractivity contribution >= 4 is 35.0 Å². The van der Waals surface area contributed by atoms with E-state index in [0.717, 1.165) is 0 Å². The van der Waals surface area contributed by atoms with Gasteiger partial charge >= 0.3 is 0 Å². The zero-order valence-corrected chi connectivity index (χ0v) is 11.1. The maximum absolute atomic E-state index is 11.9. The molecule has 0 saturated heterocycles. The predicted octanol–water partition coefficient (Wildman–Crippen LogP) is 2.58. The van der Waals surface area contributed by atoms with Crippen molar-refractivity contribution in [2.75, 3.05) is 5.32 Å². The summed E-state index contributed by atoms with van der Waals surface area (Å²) < 4.78 is 0. The second-order valence-electron chi connectivity index (χ2n) is 3.55. The lowest BCUT2D eigenvalue weighted by Crippen LogP contribution is -2.22. The minimum atomic E-state index is -0.281. The lowest BCUT2D eigenvalue weighted by molar-refractivity contribution is -0.115. The molecule has 0 aliphatic rings. The first-order valence-corrected chi connectivity index (χ1v) is 6.49. The standard InChI is InChI=1S/C11H11ClN4OS/c1-7(18-11-13-6-14-16-11)10(17)15-9-4-2-3-8(12)5-9/h2-7H,1H3,(H,15,17)(H,13,14,16)/t7-/m0/s1. The maximum Gasteiger partial charge on any atom is 0.237 e. The van der Waals surface area contributed by atoms with Crippen molar-refractivity contribution in [3.63, 3.8) is 0 Å². The molecule has 1 amide bonds. The van der Waals surface area contributed by atoms with Crippen LogP contribution in [-0.2, 0) is 4.79 Å². The van der Waals surface area contributed by atoms with Crippen LogP contribution in [0.4, 0.5) is 5.69 Å². The Kier molecular flexibility index (Phi) is 4.22. The predicted molar refractivity (Wildman–Crippen MR) is 71.8 cm³/mol. The fourth-order valence-corrected chi connectivity index (χ4v) is 2.19. The number of amides is 1. The van der Waals surface area contributed by atoms with Crippen LogP contribution in [0.3, 0.4) is 0 Å². The molecular weight excluding hydrogens is 272 g/mol. The number of aromatic amines is 1. The highest BCUT2D eigenvalue weighted by atomic mass is 35.5. The summed E-state index contributed by atoms with van der Waals surface area (Å²) in [6.45, 7) is 1.80. The molecule has 0 saturated carbocycles. The smallest absolute Gasteiger partial charge is 0.237 e. The van der Waals surface area contributed by atoms with E-state index in [2.05, 4.69) is 20.5 Å². The lowest BCUT2D eigenvalue weighted by Gasteiger charge is -2.10. The molecule has 2 rings (SSSR count). The van der Waals surface area contributed by atoms with Crippen molar-refractivity contribution in [2.24, 2.45) is 0 Å². The van der Waals surface area contributed by atoms with Crippen LogP contribution in [0.25, 0.3) is 0 Å². The summed E-state index contributed by atoms with van der Waals surface area (Å²) in [7, 11) is 0. The van der Waals surface area contributed by atoms with Gasteiger partial charge in [0.25, 0.3) is 0 Å². The molecule has 1 heterocycles. The number of rotatable bonds is 4. The molecule has 0 spiro atoms. The van der Waals surface area contributed by atoms with Crippen LogP contribution in [0.2, 0.25) is 5.02 Å². The van der Waals surface area contributed by atoms with Crippen LogP contribution < -0.4 is 5.32 Å². The van der Waals surface area contributed by atoms with Crippen molar-refractivity contribution in [3.05, 3.63) is 35.6 Å². The number of nitrogens with one attached hydrogen (secondary N) is 2. The van der Waals surface area contributed by atoms with Crippen molar-refractivity contribution in [2.45, 2.75) is 17.3 Å². The van der Waals surface area contributed by atoms with E-state index in [0.29, 0.717) is 15.9 Å². The highest BCUT2D eigenvalue weighted by molar-refractivity contribution is 8.00. The Morgan fingerprint density at radius 2 is 2.39 bits per heavy atom. The Labute approximate surface area is 113 Å². The Balaban J connectivity index is 1.95. The van der Waals surface area contributed by atoms with Crippen LogP contribution in [0.1, 0.15) is 6.92 Å². The van der Waals surface area contributed by atoms with Gasteiger partial charge in [-0.1, -0.05) is 29.4 Å². The summed E-state index contributed by atoms with van der Waals surface area (Å²) in [4.78, 5) is 15.9. The number of halogens is 1. The molecule has 1 aromatic heterocycles. The molecule has 1 aromatic carbocycles. The van der Waals surface area contributed by atoms with E-state index in [4.69, 9.17) is 11.6 Å². The van der Waals surface area contributed by atoms with Crippen LogP contribution in [-0.4, -0.2) is 26.3 Å². The topological polar surface area (TPSA) is 70.7 Å². The summed E-state index contributed by atoms with van der Waals surface area (Å²) >= 11 is 7.15. The van der Waals surface area contributed by atoms with Crippen molar-refractivity contribution in [1.29, 1.82) is 0 Å². The number of hydrogen-bond acceptors (Lipinski definition) is 4. The maximum atomic E-state index is 11.9. The minimum absolute atomic E-state index is 0.112. The SMILES string of the molecule is C[C@H](Sc1ncn[nH]1)C(=O)Nc1cccc(Cl)c1. The number of hydrogen-bond donors (Lipinski definition) is 2. The second-order valence-corrected chi connectivity index (χ2v) is 5.32. The fourth-order valence-electron chi connectivity index (χ4n) is 1.28. The molecule has 2 N–H and O–H groups in total. The lowest BCUT2D eigenvalue weighted by atomic mass is 10.3. The molecule has 18 heavy (non-hydrogen) atoms. The Morgan fingerprint density at radius 3 is 3.06 bits per heavy atom. The first-order chi connectivity index (χ1) is 8.65. The van der Waals surface area contributed by atoms with Crippen LogP contribution >= 0.6 is 23.4 Å². The van der Waals surface area contributed by atoms with Gasteiger partial charge in [-0.05, 0) is 25.1 Å². The summed E-state index contributed by atoms with van der Waals surface area (Å²) in [5.74, 6) is -0.112. The highest BCUT2D eigenvalue weighted by Crippen LogP contribution is 2.20. The summed E-state index contributed by atoms with van der Waals surface area (Å²) in [5, 5.41) is 10.1. The fraction of sp³-hybridized carbons (Fsp3) is 0.182. The summed E-state index contributed by atoms with van der Waals surface area (Å²) in [5.41, 5.74) is 0.678. The minimum Gasteiger partial charge on any atom is -0.325 e. The molecule has 94 valence electrons. The molecule has 0 aliphatic heterocycles. The molecule has 7 heteroatoms. The average Bonchev–Trinajstić information content (AvgIpc) is 2.81. The number of carbonyl (C=O) groups is 1. The van der Waals surface area contributed by atoms with E-state index in [1.165, 1.54) is 18.1 Å². The number of carbonyl (C=O) groups excluding carboxylic acids is 1. The molecule has 1 atom stereocenters. The quantitative estimate of drug-likeness (QED) is 0.846. The van der Waals surface area contributed by atoms with Crippen molar-refractivity contribution in [3.8, 4) is 0 Å². The number of benzene rings is 1. The molecule has 0 fully saturated rings. The van der Waals surface area contributed by atoms with Crippen LogP contribution in [0.15, 0.2) is 35.7 Å². The van der Waals surface area contributed by atoms with Gasteiger partial charge < -0.3 is 5.32 Å². The average molecular weight is 283 g/mol. The van der Waals surface area contributed by atoms with E-state index in [1.54, 1.807) is 31.2 Å². The van der Waals surface area contributed by atoms with Gasteiger partial charge in [-0.15, -0.1) is 0 Å². The largest absolute Gasteiger partial charge is 0.325 e. The first-order valence-electron chi connectivity index (χ1n) is 5.23. The zero-order chi connectivity index (χ0) is 13.0. The van der Waals surface area contributed by atoms with Gasteiger partial charge in [0, 0.05) is 10.7 Å². The number of H-pyrrole nitrogens is 1. The second kappa shape index (κ2) is 5.88. The monoisotopic (exact) mass is 282 g/mol. The molecule has 0 radical (unpaired) electrons. The highest BCUT2D eigenvalue weighted by Gasteiger charge is 2.15. The normalized spacial score (nSPS) is 12.1. The van der Waals surface area contributed by atoms with Gasteiger partial charge in [0.1, 0.15) is 6.33 Å². The number of anilines is 1. The molecule has 5 nitrogen and oxygen atoms in total. The molecule has 0 aliphatic carbocycles. The number of aromatic nitrogens is 3. The number of thioether (sulfide) groups is 1. The van der Waals surface area contributed by atoms with Crippen molar-refractivity contribution in [1.82, 2.24) is 15.2 Å². The van der Waals surface area contributed by atoms with E-state index in [9.17, 15) is 4.79 Å². The van der Waals surface area contributed by atoms with E-state index < -0.39 is 0 Å². The Hall–Kier alpha value is -1.53. The van der Waals surface area contributed by atoms with Gasteiger partial charge in [0.15, 0.2) is 5.16 Å². The Bertz CT molecular complexity index is 532. The number of nitrogens with zero attached hydrogens (tertiary/aromatic N) is 2. The van der Waals surface area contributed by atoms with Gasteiger partial charge in [-0.3, -0.25) is 9.89 Å². The van der Waals surface area contributed by atoms with Crippen molar-refractivity contribution < 1.29 is 4.79 Å². The van der Waals surface area contributed by atoms with Crippen LogP contribution in [0, 0.1) is 0 Å². The van der Waals surface area contributed by atoms with Gasteiger partial charge in [0.2, 0.25) is 5.91 Å². The third-order valence-electron chi connectivity index (χ3n) is 2.14. The molecule has 2 aromatic rings. The summed E-state index contributed by atoms with van der Waals surface area (Å²) in [6.07, 6.45) is 1.41. The zero-order valence-electron chi connectivity index (χ0n) is 9.55. The molecule has 0 unspecified atom stereocenters. The van der Waals surface area contributed by atoms with E-state index in [-0.39, 0.29) is 11.2 Å². The van der Waals surface area contributed by atoms with Gasteiger partial charge in [0.05, 0.1) is 5.25 Å². The van der Waals surface area contributed by atoms with Crippen LogP contribution in [0.5, 0.6) is 0 Å². The van der Waals surface area contributed by atoms with Gasteiger partial charge in [-0.2, -0.15) is 5.10 Å². The first kappa shape index (κ1) is 12.9. The van der Waals surface area contributed by atoms with E-state index >= 15 is 0 Å². The third kappa shape index (κ3) is 3.48.